The van der Waals surface area contributed by atoms with E-state index in [-0.39, 0.29) is 12.2 Å². The largest absolute Gasteiger partial charge is 0.448 e. The maximum absolute atomic E-state index is 10.8. The zero-order chi connectivity index (χ0) is 6.97. The van der Waals surface area contributed by atoms with Crippen molar-refractivity contribution in [2.24, 2.45) is 0 Å². The Morgan fingerprint density at radius 2 is 2.50 bits per heavy atom. The molecule has 0 N–H and O–H groups in total. The summed E-state index contributed by atoms with van der Waals surface area (Å²) in [5.41, 5.74) is 0. The number of rotatable bonds is 2. The molecule has 2 heterocycles. The molecule has 0 spiro atoms. The lowest BCUT2D eigenvalue weighted by Gasteiger charge is -2.08. The average molecular weight is 143 g/mol. The summed E-state index contributed by atoms with van der Waals surface area (Å²) in [6.45, 7) is 2.76. The lowest BCUT2D eigenvalue weighted by Crippen LogP contribution is -2.28. The van der Waals surface area contributed by atoms with Crippen LogP contribution < -0.4 is 0 Å². The van der Waals surface area contributed by atoms with E-state index in [0.717, 1.165) is 13.2 Å². The van der Waals surface area contributed by atoms with Crippen LogP contribution in [-0.4, -0.2) is 43.4 Å². The molecular formula is C6H9NO3. The number of cyclic esters (lactones) is 1. The van der Waals surface area contributed by atoms with Gasteiger partial charge in [0.25, 0.3) is 0 Å². The SMILES string of the molecule is O=C1OCCN1C[C@H]1CO1. The predicted molar refractivity (Wildman–Crippen MR) is 32.7 cm³/mol. The first-order chi connectivity index (χ1) is 4.86. The molecule has 4 heteroatoms. The second-order valence-electron chi connectivity index (χ2n) is 2.52. The molecule has 1 amide bonds. The van der Waals surface area contributed by atoms with Crippen LogP contribution in [0.3, 0.4) is 0 Å². The molecule has 1 atom stereocenters. The van der Waals surface area contributed by atoms with Crippen LogP contribution in [0.5, 0.6) is 0 Å². The highest BCUT2D eigenvalue weighted by atomic mass is 16.6. The molecule has 2 saturated heterocycles. The van der Waals surface area contributed by atoms with Crippen LogP contribution in [0.25, 0.3) is 0 Å². The first-order valence-corrected chi connectivity index (χ1v) is 3.39. The normalized spacial score (nSPS) is 30.6. The third-order valence-electron chi connectivity index (χ3n) is 1.67. The molecule has 2 aliphatic heterocycles. The summed E-state index contributed by atoms with van der Waals surface area (Å²) in [7, 11) is 0. The van der Waals surface area contributed by atoms with Gasteiger partial charge >= 0.3 is 6.09 Å². The number of nitrogens with zero attached hydrogens (tertiary/aromatic N) is 1. The summed E-state index contributed by atoms with van der Waals surface area (Å²) < 4.78 is 9.69. The fraction of sp³-hybridized carbons (Fsp3) is 0.833. The van der Waals surface area contributed by atoms with Crippen LogP contribution in [0.15, 0.2) is 0 Å². The Morgan fingerprint density at radius 3 is 3.00 bits per heavy atom. The number of amides is 1. The summed E-state index contributed by atoms with van der Waals surface area (Å²) in [5.74, 6) is 0. The van der Waals surface area contributed by atoms with Crippen LogP contribution in [0.1, 0.15) is 0 Å². The summed E-state index contributed by atoms with van der Waals surface area (Å²) in [6, 6.07) is 0. The van der Waals surface area contributed by atoms with Gasteiger partial charge in [-0.05, 0) is 0 Å². The molecule has 0 saturated carbocycles. The van der Waals surface area contributed by atoms with Gasteiger partial charge in [-0.2, -0.15) is 0 Å². The van der Waals surface area contributed by atoms with E-state index in [9.17, 15) is 4.79 Å². The first kappa shape index (κ1) is 5.97. The Balaban J connectivity index is 1.84. The van der Waals surface area contributed by atoms with E-state index in [0.29, 0.717) is 13.2 Å². The number of hydrogen-bond acceptors (Lipinski definition) is 3. The molecule has 56 valence electrons. The van der Waals surface area contributed by atoms with Crippen molar-refractivity contribution in [3.8, 4) is 0 Å². The molecule has 0 aromatic heterocycles. The minimum atomic E-state index is -0.199. The summed E-state index contributed by atoms with van der Waals surface area (Å²) in [4.78, 5) is 12.5. The van der Waals surface area contributed by atoms with Gasteiger partial charge in [0.05, 0.1) is 25.8 Å². The topological polar surface area (TPSA) is 42.1 Å². The number of ether oxygens (including phenoxy) is 2. The molecule has 10 heavy (non-hydrogen) atoms. The van der Waals surface area contributed by atoms with Gasteiger partial charge in [-0.15, -0.1) is 0 Å². The van der Waals surface area contributed by atoms with Crippen molar-refractivity contribution < 1.29 is 14.3 Å². The van der Waals surface area contributed by atoms with Gasteiger partial charge in [0.1, 0.15) is 6.61 Å². The maximum Gasteiger partial charge on any atom is 0.410 e. The monoisotopic (exact) mass is 143 g/mol. The lowest BCUT2D eigenvalue weighted by atomic mass is 10.4. The van der Waals surface area contributed by atoms with Crippen LogP contribution in [0.2, 0.25) is 0 Å². The maximum atomic E-state index is 10.8. The number of hydrogen-bond donors (Lipinski definition) is 0. The molecule has 0 bridgehead atoms. The Kier molecular flexibility index (Phi) is 1.27. The fourth-order valence-corrected chi connectivity index (χ4v) is 1.01. The van der Waals surface area contributed by atoms with Crippen molar-refractivity contribution in [3.05, 3.63) is 0 Å². The predicted octanol–water partition coefficient (Wildman–Crippen LogP) is -0.163. The quantitative estimate of drug-likeness (QED) is 0.504. The molecule has 2 aliphatic rings. The zero-order valence-corrected chi connectivity index (χ0v) is 5.58. The smallest absolute Gasteiger partial charge is 0.410 e. The van der Waals surface area contributed by atoms with E-state index < -0.39 is 0 Å². The number of carbonyl (C=O) groups is 1. The number of carbonyl (C=O) groups excluding carboxylic acids is 1. The van der Waals surface area contributed by atoms with E-state index in [4.69, 9.17) is 9.47 Å². The zero-order valence-electron chi connectivity index (χ0n) is 5.58. The third-order valence-corrected chi connectivity index (χ3v) is 1.67. The Bertz CT molecular complexity index is 155. The molecule has 4 nitrogen and oxygen atoms in total. The van der Waals surface area contributed by atoms with Gasteiger partial charge in [-0.25, -0.2) is 4.79 Å². The van der Waals surface area contributed by atoms with E-state index >= 15 is 0 Å². The van der Waals surface area contributed by atoms with Gasteiger partial charge in [-0.3, -0.25) is 0 Å². The summed E-state index contributed by atoms with van der Waals surface area (Å²) >= 11 is 0. The van der Waals surface area contributed by atoms with Gasteiger partial charge in [-0.1, -0.05) is 0 Å². The van der Waals surface area contributed by atoms with E-state index in [1.807, 2.05) is 0 Å². The molecule has 2 rings (SSSR count). The first-order valence-electron chi connectivity index (χ1n) is 3.39. The van der Waals surface area contributed by atoms with E-state index in [2.05, 4.69) is 0 Å². The Labute approximate surface area is 58.7 Å². The van der Waals surface area contributed by atoms with Crippen LogP contribution >= 0.6 is 0 Å². The number of epoxide rings is 1. The second kappa shape index (κ2) is 2.12. The molecule has 2 fully saturated rings. The summed E-state index contributed by atoms with van der Waals surface area (Å²) in [6.07, 6.45) is 0.0844. The van der Waals surface area contributed by atoms with Crippen LogP contribution in [-0.2, 0) is 9.47 Å². The van der Waals surface area contributed by atoms with E-state index in [1.54, 1.807) is 4.90 Å². The molecule has 0 aliphatic carbocycles. The minimum Gasteiger partial charge on any atom is -0.448 e. The van der Waals surface area contributed by atoms with Crippen LogP contribution in [0.4, 0.5) is 4.79 Å². The molecule has 0 unspecified atom stereocenters. The Morgan fingerprint density at radius 1 is 1.70 bits per heavy atom. The van der Waals surface area contributed by atoms with Crippen molar-refractivity contribution in [2.75, 3.05) is 26.3 Å². The lowest BCUT2D eigenvalue weighted by molar-refractivity contribution is 0.156. The van der Waals surface area contributed by atoms with Gasteiger partial charge < -0.3 is 14.4 Å². The van der Waals surface area contributed by atoms with Crippen molar-refractivity contribution in [3.63, 3.8) is 0 Å². The van der Waals surface area contributed by atoms with Gasteiger partial charge in [0.2, 0.25) is 0 Å². The van der Waals surface area contributed by atoms with Crippen LogP contribution in [0, 0.1) is 0 Å². The fourth-order valence-electron chi connectivity index (χ4n) is 1.01. The van der Waals surface area contributed by atoms with Crippen molar-refractivity contribution in [1.29, 1.82) is 0 Å². The highest BCUT2D eigenvalue weighted by Gasteiger charge is 2.30. The standard InChI is InChI=1S/C6H9NO3/c8-6-7(1-2-9-6)3-5-4-10-5/h5H,1-4H2/t5-/m0/s1. The third kappa shape index (κ3) is 1.07. The van der Waals surface area contributed by atoms with Gasteiger partial charge in [0.15, 0.2) is 0 Å². The molecule has 0 aromatic carbocycles. The van der Waals surface area contributed by atoms with Crippen molar-refractivity contribution in [2.45, 2.75) is 6.10 Å². The molecular weight excluding hydrogens is 134 g/mol. The van der Waals surface area contributed by atoms with Crippen molar-refractivity contribution >= 4 is 6.09 Å². The van der Waals surface area contributed by atoms with Crippen molar-refractivity contribution in [1.82, 2.24) is 4.90 Å². The second-order valence-corrected chi connectivity index (χ2v) is 2.52. The summed E-state index contributed by atoms with van der Waals surface area (Å²) in [5, 5.41) is 0. The minimum absolute atomic E-state index is 0.199. The van der Waals surface area contributed by atoms with Gasteiger partial charge in [0, 0.05) is 0 Å². The highest BCUT2D eigenvalue weighted by molar-refractivity contribution is 5.69. The highest BCUT2D eigenvalue weighted by Crippen LogP contribution is 2.13. The molecule has 0 aromatic rings. The average Bonchev–Trinajstić information content (AvgIpc) is 2.62. The van der Waals surface area contributed by atoms with E-state index in [1.165, 1.54) is 0 Å². The molecule has 0 radical (unpaired) electrons. The Hall–Kier alpha value is -0.770.